The van der Waals surface area contributed by atoms with E-state index >= 15 is 0 Å². The second-order valence-corrected chi connectivity index (χ2v) is 5.35. The summed E-state index contributed by atoms with van der Waals surface area (Å²) in [5.41, 5.74) is 2.59. The molecule has 2 aromatic rings. The largest absolute Gasteiger partial charge is 0.453 e. The highest BCUT2D eigenvalue weighted by molar-refractivity contribution is 9.10. The topological polar surface area (TPSA) is 41.6 Å². The van der Waals surface area contributed by atoms with Gasteiger partial charge in [-0.05, 0) is 48.5 Å². The van der Waals surface area contributed by atoms with E-state index < -0.39 is 6.09 Å². The summed E-state index contributed by atoms with van der Waals surface area (Å²) in [4.78, 5) is 13.2. The lowest BCUT2D eigenvalue weighted by atomic mass is 10.2. The number of terminal acetylenes is 1. The smallest absolute Gasteiger partial charge is 0.411 e. The van der Waals surface area contributed by atoms with E-state index in [1.807, 2.05) is 41.3 Å². The number of nitrogens with one attached hydrogen (secondary N) is 1. The van der Waals surface area contributed by atoms with Crippen molar-refractivity contribution < 1.29 is 9.53 Å². The molecule has 0 saturated carbocycles. The van der Waals surface area contributed by atoms with Gasteiger partial charge in [0, 0.05) is 21.5 Å². The predicted molar refractivity (Wildman–Crippen MR) is 92.5 cm³/mol. The maximum Gasteiger partial charge on any atom is 0.411 e. The number of hydrogen-bond acceptors (Lipinski definition) is 3. The minimum Gasteiger partial charge on any atom is -0.453 e. The van der Waals surface area contributed by atoms with Gasteiger partial charge < -0.3 is 9.64 Å². The summed E-state index contributed by atoms with van der Waals surface area (Å²) >= 11 is 3.42. The van der Waals surface area contributed by atoms with Crippen LogP contribution in [0.25, 0.3) is 0 Å². The SMILES string of the molecule is C#CCN(c1ccc(Br)cc1)c1ccc(NC(=O)OC)cc1. The summed E-state index contributed by atoms with van der Waals surface area (Å²) in [6, 6.07) is 15.3. The van der Waals surface area contributed by atoms with Gasteiger partial charge in [0.25, 0.3) is 0 Å². The summed E-state index contributed by atoms with van der Waals surface area (Å²) in [5.74, 6) is 2.66. The number of benzene rings is 2. The molecule has 0 spiro atoms. The molecule has 5 heteroatoms. The Balaban J connectivity index is 2.24. The molecule has 22 heavy (non-hydrogen) atoms. The van der Waals surface area contributed by atoms with E-state index in [1.165, 1.54) is 7.11 Å². The molecule has 0 heterocycles. The average molecular weight is 359 g/mol. The van der Waals surface area contributed by atoms with E-state index in [0.717, 1.165) is 15.8 Å². The first-order valence-electron chi connectivity index (χ1n) is 6.55. The molecule has 112 valence electrons. The Bertz CT molecular complexity index is 675. The molecule has 0 aliphatic carbocycles. The number of halogens is 1. The van der Waals surface area contributed by atoms with Crippen molar-refractivity contribution in [3.05, 3.63) is 53.0 Å². The lowest BCUT2D eigenvalue weighted by molar-refractivity contribution is 0.187. The Morgan fingerprint density at radius 1 is 1.18 bits per heavy atom. The van der Waals surface area contributed by atoms with E-state index in [9.17, 15) is 4.79 Å². The quantitative estimate of drug-likeness (QED) is 0.823. The highest BCUT2D eigenvalue weighted by Gasteiger charge is 2.08. The molecule has 0 atom stereocenters. The van der Waals surface area contributed by atoms with Gasteiger partial charge in [-0.3, -0.25) is 5.32 Å². The summed E-state index contributed by atoms with van der Waals surface area (Å²) in [6.07, 6.45) is 4.97. The van der Waals surface area contributed by atoms with Crippen molar-refractivity contribution >= 4 is 39.1 Å². The maximum atomic E-state index is 11.2. The highest BCUT2D eigenvalue weighted by Crippen LogP contribution is 2.27. The van der Waals surface area contributed by atoms with Gasteiger partial charge in [0.2, 0.25) is 0 Å². The zero-order valence-electron chi connectivity index (χ0n) is 12.0. The maximum absolute atomic E-state index is 11.2. The van der Waals surface area contributed by atoms with Crippen molar-refractivity contribution in [1.29, 1.82) is 0 Å². The molecule has 2 aromatic carbocycles. The first kappa shape index (κ1) is 15.9. The molecule has 0 radical (unpaired) electrons. The number of methoxy groups -OCH3 is 1. The normalized spacial score (nSPS) is 9.68. The third-order valence-electron chi connectivity index (χ3n) is 3.00. The van der Waals surface area contributed by atoms with Crippen LogP contribution in [0, 0.1) is 12.3 Å². The number of nitrogens with zero attached hydrogens (tertiary/aromatic N) is 1. The van der Waals surface area contributed by atoms with Gasteiger partial charge in [-0.15, -0.1) is 6.42 Å². The first-order chi connectivity index (χ1) is 10.6. The van der Waals surface area contributed by atoms with Crippen molar-refractivity contribution in [3.8, 4) is 12.3 Å². The molecule has 1 N–H and O–H groups in total. The zero-order chi connectivity index (χ0) is 15.9. The van der Waals surface area contributed by atoms with Crippen molar-refractivity contribution in [1.82, 2.24) is 0 Å². The molecule has 0 fully saturated rings. The molecule has 0 aliphatic heterocycles. The Morgan fingerprint density at radius 2 is 1.73 bits per heavy atom. The van der Waals surface area contributed by atoms with Gasteiger partial charge in [0.05, 0.1) is 13.7 Å². The Labute approximate surface area is 138 Å². The number of rotatable bonds is 4. The van der Waals surface area contributed by atoms with Crippen molar-refractivity contribution in [2.45, 2.75) is 0 Å². The molecule has 0 unspecified atom stereocenters. The monoisotopic (exact) mass is 358 g/mol. The van der Waals surface area contributed by atoms with Gasteiger partial charge >= 0.3 is 6.09 Å². The van der Waals surface area contributed by atoms with Crippen LogP contribution in [0.2, 0.25) is 0 Å². The van der Waals surface area contributed by atoms with Crippen LogP contribution in [-0.2, 0) is 4.74 Å². The van der Waals surface area contributed by atoms with Crippen LogP contribution in [0.3, 0.4) is 0 Å². The van der Waals surface area contributed by atoms with E-state index in [1.54, 1.807) is 12.1 Å². The van der Waals surface area contributed by atoms with Gasteiger partial charge in [-0.25, -0.2) is 4.79 Å². The number of hydrogen-bond donors (Lipinski definition) is 1. The fourth-order valence-corrected chi connectivity index (χ4v) is 2.20. The molecule has 0 aromatic heterocycles. The molecular formula is C17H15BrN2O2. The minimum absolute atomic E-state index is 0.450. The number of amides is 1. The van der Waals surface area contributed by atoms with E-state index in [-0.39, 0.29) is 0 Å². The highest BCUT2D eigenvalue weighted by atomic mass is 79.9. The lowest BCUT2D eigenvalue weighted by Gasteiger charge is -2.23. The van der Waals surface area contributed by atoms with E-state index in [2.05, 4.69) is 31.9 Å². The molecule has 4 nitrogen and oxygen atoms in total. The number of anilines is 3. The van der Waals surface area contributed by atoms with E-state index in [4.69, 9.17) is 6.42 Å². The molecule has 1 amide bonds. The minimum atomic E-state index is -0.499. The van der Waals surface area contributed by atoms with Crippen molar-refractivity contribution in [2.24, 2.45) is 0 Å². The average Bonchev–Trinajstić information content (AvgIpc) is 2.54. The van der Waals surface area contributed by atoms with Crippen molar-refractivity contribution in [3.63, 3.8) is 0 Å². The van der Waals surface area contributed by atoms with E-state index in [0.29, 0.717) is 12.2 Å². The summed E-state index contributed by atoms with van der Waals surface area (Å²) in [6.45, 7) is 0.450. The van der Waals surface area contributed by atoms with Crippen molar-refractivity contribution in [2.75, 3.05) is 23.9 Å². The van der Waals surface area contributed by atoms with Gasteiger partial charge in [0.1, 0.15) is 0 Å². The summed E-state index contributed by atoms with van der Waals surface area (Å²) in [5, 5.41) is 2.61. The number of carbonyl (C=O) groups is 1. The van der Waals surface area contributed by atoms with Crippen LogP contribution in [0.15, 0.2) is 53.0 Å². The first-order valence-corrected chi connectivity index (χ1v) is 7.35. The molecule has 0 saturated heterocycles. The van der Waals surface area contributed by atoms with Crippen LogP contribution in [0.4, 0.5) is 21.9 Å². The van der Waals surface area contributed by atoms with Crippen LogP contribution in [-0.4, -0.2) is 19.7 Å². The molecule has 0 bridgehead atoms. The summed E-state index contributed by atoms with van der Waals surface area (Å²) < 4.78 is 5.57. The summed E-state index contributed by atoms with van der Waals surface area (Å²) in [7, 11) is 1.33. The Kier molecular flexibility index (Phi) is 5.45. The zero-order valence-corrected chi connectivity index (χ0v) is 13.6. The molecular weight excluding hydrogens is 344 g/mol. The number of ether oxygens (including phenoxy) is 1. The fourth-order valence-electron chi connectivity index (χ4n) is 1.94. The van der Waals surface area contributed by atoms with Gasteiger partial charge in [-0.1, -0.05) is 21.9 Å². The van der Waals surface area contributed by atoms with Crippen LogP contribution < -0.4 is 10.2 Å². The Morgan fingerprint density at radius 3 is 2.23 bits per heavy atom. The van der Waals surface area contributed by atoms with Gasteiger partial charge in [0.15, 0.2) is 0 Å². The van der Waals surface area contributed by atoms with Crippen LogP contribution in [0.1, 0.15) is 0 Å². The fraction of sp³-hybridized carbons (Fsp3) is 0.118. The van der Waals surface area contributed by atoms with Crippen LogP contribution >= 0.6 is 15.9 Å². The third kappa shape index (κ3) is 4.03. The van der Waals surface area contributed by atoms with Gasteiger partial charge in [-0.2, -0.15) is 0 Å². The standard InChI is InChI=1S/C17H15BrN2O2/c1-3-12-20(15-8-4-13(18)5-9-15)16-10-6-14(7-11-16)19-17(21)22-2/h1,4-11H,12H2,2H3,(H,19,21). The Hall–Kier alpha value is -2.45. The predicted octanol–water partition coefficient (Wildman–Crippen LogP) is 4.40. The second-order valence-electron chi connectivity index (χ2n) is 4.43. The lowest BCUT2D eigenvalue weighted by Crippen LogP contribution is -2.17. The molecule has 2 rings (SSSR count). The molecule has 0 aliphatic rings. The second kappa shape index (κ2) is 7.53. The number of carbonyl (C=O) groups excluding carboxylic acids is 1. The third-order valence-corrected chi connectivity index (χ3v) is 3.53. The van der Waals surface area contributed by atoms with Crippen LogP contribution in [0.5, 0.6) is 0 Å².